The molecular formula is C19H24N6O4S. The highest BCUT2D eigenvalue weighted by atomic mass is 32.2. The van der Waals surface area contributed by atoms with E-state index in [1.807, 2.05) is 7.05 Å². The van der Waals surface area contributed by atoms with E-state index in [9.17, 15) is 18.0 Å². The molecule has 2 N–H and O–H groups in total. The van der Waals surface area contributed by atoms with Crippen LogP contribution in [0.4, 0.5) is 5.69 Å². The summed E-state index contributed by atoms with van der Waals surface area (Å²) in [6.45, 7) is 4.44. The van der Waals surface area contributed by atoms with Crippen molar-refractivity contribution in [1.29, 1.82) is 0 Å². The van der Waals surface area contributed by atoms with Crippen LogP contribution >= 0.6 is 0 Å². The first kappa shape index (κ1) is 20.5. The third kappa shape index (κ3) is 3.59. The molecule has 3 heterocycles. The first-order chi connectivity index (χ1) is 14.3. The van der Waals surface area contributed by atoms with Gasteiger partial charge in [0.2, 0.25) is 10.0 Å². The van der Waals surface area contributed by atoms with Crippen molar-refractivity contribution in [3.05, 3.63) is 40.1 Å². The van der Waals surface area contributed by atoms with Gasteiger partial charge < -0.3 is 10.2 Å². The van der Waals surface area contributed by atoms with Crippen molar-refractivity contribution in [1.82, 2.24) is 24.0 Å². The standard InChI is InChI=1S/C19H24N6O4S/c1-3-25-19(27)21-16(22-25)12-13-17-14(20-18(13)26)6-4-7-15(17)30(28,29)24-9-5-8-23(2)10-11-24/h4,6-7,12H,3,5,8-11H2,1-2H3,(H,20,26)(H,21,22,27)/b13-12-. The Kier molecular flexibility index (Phi) is 5.35. The average molecular weight is 433 g/mol. The van der Waals surface area contributed by atoms with Crippen molar-refractivity contribution < 1.29 is 13.2 Å². The molecule has 2 aliphatic rings. The number of carbonyl (C=O) groups is 1. The summed E-state index contributed by atoms with van der Waals surface area (Å²) in [5.74, 6) is -0.237. The minimum atomic E-state index is -3.81. The number of benzene rings is 1. The Hall–Kier alpha value is -2.76. The molecule has 1 fully saturated rings. The van der Waals surface area contributed by atoms with E-state index in [4.69, 9.17) is 0 Å². The highest BCUT2D eigenvalue weighted by Gasteiger charge is 2.35. The van der Waals surface area contributed by atoms with Gasteiger partial charge in [0.1, 0.15) is 0 Å². The molecule has 0 saturated carbocycles. The second kappa shape index (κ2) is 7.82. The fraction of sp³-hybridized carbons (Fsp3) is 0.421. The van der Waals surface area contributed by atoms with Gasteiger partial charge in [-0.15, -0.1) is 0 Å². The molecule has 2 aromatic rings. The van der Waals surface area contributed by atoms with E-state index < -0.39 is 21.6 Å². The molecule has 1 aromatic carbocycles. The summed E-state index contributed by atoms with van der Waals surface area (Å²) in [5, 5.41) is 6.84. The maximum Gasteiger partial charge on any atom is 0.343 e. The monoisotopic (exact) mass is 432 g/mol. The zero-order chi connectivity index (χ0) is 21.5. The fourth-order valence-corrected chi connectivity index (χ4v) is 5.46. The van der Waals surface area contributed by atoms with Gasteiger partial charge >= 0.3 is 5.69 Å². The molecule has 0 unspecified atom stereocenters. The number of likely N-dealkylation sites (N-methyl/N-ethyl adjacent to an activating group) is 1. The molecule has 10 nitrogen and oxygen atoms in total. The van der Waals surface area contributed by atoms with Gasteiger partial charge in [0.15, 0.2) is 5.82 Å². The van der Waals surface area contributed by atoms with Gasteiger partial charge in [-0.05, 0) is 45.1 Å². The maximum atomic E-state index is 13.5. The highest BCUT2D eigenvalue weighted by molar-refractivity contribution is 7.89. The number of nitrogens with zero attached hydrogens (tertiary/aromatic N) is 4. The summed E-state index contributed by atoms with van der Waals surface area (Å²) >= 11 is 0. The number of fused-ring (bicyclic) bond motifs is 1. The summed E-state index contributed by atoms with van der Waals surface area (Å²) in [4.78, 5) is 29.3. The molecule has 0 bridgehead atoms. The lowest BCUT2D eigenvalue weighted by Crippen LogP contribution is -2.34. The van der Waals surface area contributed by atoms with Gasteiger partial charge in [0.25, 0.3) is 5.91 Å². The molecule has 0 aliphatic carbocycles. The van der Waals surface area contributed by atoms with E-state index in [0.717, 1.165) is 13.0 Å². The average Bonchev–Trinajstić information content (AvgIpc) is 3.12. The second-order valence-corrected chi connectivity index (χ2v) is 9.29. The molecule has 1 saturated heterocycles. The number of aryl methyl sites for hydroxylation is 1. The lowest BCUT2D eigenvalue weighted by Gasteiger charge is -2.21. The van der Waals surface area contributed by atoms with Crippen LogP contribution in [-0.4, -0.2) is 71.5 Å². The molecule has 11 heteroatoms. The van der Waals surface area contributed by atoms with Gasteiger partial charge in [0, 0.05) is 31.7 Å². The van der Waals surface area contributed by atoms with E-state index in [2.05, 4.69) is 20.3 Å². The smallest absolute Gasteiger partial charge is 0.321 e. The summed E-state index contributed by atoms with van der Waals surface area (Å²) in [6, 6.07) is 4.80. The maximum absolute atomic E-state index is 13.5. The van der Waals surface area contributed by atoms with E-state index in [0.29, 0.717) is 37.4 Å². The van der Waals surface area contributed by atoms with E-state index in [1.54, 1.807) is 19.1 Å². The molecule has 4 rings (SSSR count). The van der Waals surface area contributed by atoms with E-state index in [-0.39, 0.29) is 16.3 Å². The molecule has 1 amide bonds. The van der Waals surface area contributed by atoms with Crippen LogP contribution in [0.5, 0.6) is 0 Å². The first-order valence-corrected chi connectivity index (χ1v) is 11.3. The number of aromatic nitrogens is 3. The normalized spacial score (nSPS) is 19.7. The molecule has 0 atom stereocenters. The number of aromatic amines is 1. The van der Waals surface area contributed by atoms with Gasteiger partial charge in [0.05, 0.1) is 16.2 Å². The zero-order valence-corrected chi connectivity index (χ0v) is 17.7. The Labute approximate surface area is 174 Å². The molecule has 0 radical (unpaired) electrons. The Balaban J connectivity index is 1.80. The summed E-state index contributed by atoms with van der Waals surface area (Å²) in [6.07, 6.45) is 2.16. The summed E-state index contributed by atoms with van der Waals surface area (Å²) < 4.78 is 29.7. The molecule has 30 heavy (non-hydrogen) atoms. The number of carbonyl (C=O) groups excluding carboxylic acids is 1. The van der Waals surface area contributed by atoms with Crippen LogP contribution in [-0.2, 0) is 21.4 Å². The summed E-state index contributed by atoms with van der Waals surface area (Å²) in [7, 11) is -1.85. The minimum absolute atomic E-state index is 0.0754. The topological polar surface area (TPSA) is 120 Å². The number of anilines is 1. The first-order valence-electron chi connectivity index (χ1n) is 9.83. The van der Waals surface area contributed by atoms with Crippen LogP contribution in [0.3, 0.4) is 0 Å². The van der Waals surface area contributed by atoms with Crippen LogP contribution in [0.1, 0.15) is 24.7 Å². The second-order valence-electron chi connectivity index (χ2n) is 7.38. The van der Waals surface area contributed by atoms with Gasteiger partial charge in [-0.1, -0.05) is 6.07 Å². The van der Waals surface area contributed by atoms with Crippen molar-refractivity contribution in [2.75, 3.05) is 38.5 Å². The van der Waals surface area contributed by atoms with Crippen LogP contribution in [0.2, 0.25) is 0 Å². The minimum Gasteiger partial charge on any atom is -0.321 e. The fourth-order valence-electron chi connectivity index (χ4n) is 3.76. The van der Waals surface area contributed by atoms with Crippen molar-refractivity contribution >= 4 is 33.3 Å². The Morgan fingerprint density at radius 2 is 1.97 bits per heavy atom. The van der Waals surface area contributed by atoms with Crippen molar-refractivity contribution in [2.45, 2.75) is 24.8 Å². The van der Waals surface area contributed by atoms with Crippen LogP contribution in [0.15, 0.2) is 27.9 Å². The van der Waals surface area contributed by atoms with Gasteiger partial charge in [-0.2, -0.15) is 9.40 Å². The number of amides is 1. The van der Waals surface area contributed by atoms with Crippen LogP contribution < -0.4 is 11.0 Å². The van der Waals surface area contributed by atoms with E-state index in [1.165, 1.54) is 21.1 Å². The predicted octanol–water partition coefficient (Wildman–Crippen LogP) is 0.410. The highest BCUT2D eigenvalue weighted by Crippen LogP contribution is 2.38. The van der Waals surface area contributed by atoms with Crippen LogP contribution in [0.25, 0.3) is 11.6 Å². The largest absolute Gasteiger partial charge is 0.343 e. The third-order valence-corrected chi connectivity index (χ3v) is 7.30. The zero-order valence-electron chi connectivity index (χ0n) is 16.9. The Morgan fingerprint density at radius 1 is 1.17 bits per heavy atom. The Bertz CT molecular complexity index is 1180. The molecular weight excluding hydrogens is 408 g/mol. The van der Waals surface area contributed by atoms with E-state index >= 15 is 0 Å². The number of H-pyrrole nitrogens is 1. The molecule has 1 aromatic heterocycles. The van der Waals surface area contributed by atoms with Crippen molar-refractivity contribution in [3.8, 4) is 0 Å². The molecule has 2 aliphatic heterocycles. The number of hydrogen-bond acceptors (Lipinski definition) is 6. The number of sulfonamides is 1. The molecule has 0 spiro atoms. The molecule has 160 valence electrons. The van der Waals surface area contributed by atoms with Gasteiger partial charge in [-0.3, -0.25) is 9.78 Å². The lowest BCUT2D eigenvalue weighted by molar-refractivity contribution is -0.110. The number of rotatable bonds is 4. The SMILES string of the molecule is CCn1nc(/C=C2\C(=O)Nc3cccc(S(=O)(=O)N4CCCN(C)CC4)c32)[nH]c1=O. The third-order valence-electron chi connectivity index (χ3n) is 5.36. The quantitative estimate of drug-likeness (QED) is 0.675. The van der Waals surface area contributed by atoms with Crippen molar-refractivity contribution in [3.63, 3.8) is 0 Å². The van der Waals surface area contributed by atoms with Crippen molar-refractivity contribution in [2.24, 2.45) is 0 Å². The Morgan fingerprint density at radius 3 is 2.70 bits per heavy atom. The van der Waals surface area contributed by atoms with Gasteiger partial charge in [-0.25, -0.2) is 17.9 Å². The number of hydrogen-bond donors (Lipinski definition) is 2. The predicted molar refractivity (Wildman–Crippen MR) is 112 cm³/mol. The van der Waals surface area contributed by atoms with Crippen LogP contribution in [0, 0.1) is 0 Å². The summed E-state index contributed by atoms with van der Waals surface area (Å²) in [5.41, 5.74) is 0.509. The lowest BCUT2D eigenvalue weighted by atomic mass is 10.1. The number of nitrogens with one attached hydrogen (secondary N) is 2.